The summed E-state index contributed by atoms with van der Waals surface area (Å²) in [6, 6.07) is 6.34. The number of hydrogen-bond acceptors (Lipinski definition) is 6. The number of carbonyl (C=O) groups excluding carboxylic acids is 1. The van der Waals surface area contributed by atoms with Crippen molar-refractivity contribution in [2.75, 3.05) is 39.3 Å². The molecule has 1 N–H and O–H groups in total. The Labute approximate surface area is 178 Å². The van der Waals surface area contributed by atoms with Gasteiger partial charge < -0.3 is 19.4 Å². The molecule has 4 rings (SSSR count). The van der Waals surface area contributed by atoms with Gasteiger partial charge in [0.05, 0.1) is 0 Å². The summed E-state index contributed by atoms with van der Waals surface area (Å²) < 4.78 is 11.6. The minimum Gasteiger partial charge on any atom is -0.444 e. The van der Waals surface area contributed by atoms with Gasteiger partial charge in [0.2, 0.25) is 0 Å². The molecule has 0 spiro atoms. The van der Waals surface area contributed by atoms with Gasteiger partial charge in [-0.15, -0.1) is 0 Å². The van der Waals surface area contributed by atoms with Gasteiger partial charge in [-0.05, 0) is 70.8 Å². The summed E-state index contributed by atoms with van der Waals surface area (Å²) >= 11 is 0. The van der Waals surface area contributed by atoms with E-state index in [1.54, 1.807) is 0 Å². The van der Waals surface area contributed by atoms with Crippen molar-refractivity contribution in [1.82, 2.24) is 20.1 Å². The van der Waals surface area contributed by atoms with Crippen LogP contribution in [0.25, 0.3) is 11.1 Å². The minimum atomic E-state index is -0.455. The molecule has 2 aliphatic rings. The van der Waals surface area contributed by atoms with Gasteiger partial charge >= 0.3 is 6.09 Å². The van der Waals surface area contributed by atoms with Crippen LogP contribution in [0.2, 0.25) is 0 Å². The summed E-state index contributed by atoms with van der Waals surface area (Å²) in [4.78, 5) is 21.4. The molecule has 7 nitrogen and oxygen atoms in total. The van der Waals surface area contributed by atoms with Crippen molar-refractivity contribution in [3.63, 3.8) is 0 Å². The predicted octanol–water partition coefficient (Wildman–Crippen LogP) is 3.74. The van der Waals surface area contributed by atoms with Crippen molar-refractivity contribution in [3.05, 3.63) is 29.7 Å². The average molecular weight is 415 g/mol. The molecule has 7 heteroatoms. The third kappa shape index (κ3) is 5.32. The van der Waals surface area contributed by atoms with Crippen molar-refractivity contribution >= 4 is 17.2 Å². The third-order valence-corrected chi connectivity index (χ3v) is 5.80. The Hall–Kier alpha value is -2.12. The fraction of sp³-hybridized carbons (Fsp3) is 0.652. The van der Waals surface area contributed by atoms with Crippen LogP contribution < -0.4 is 5.32 Å². The lowest BCUT2D eigenvalue weighted by molar-refractivity contribution is 0.0257. The van der Waals surface area contributed by atoms with Gasteiger partial charge in [0.25, 0.3) is 0 Å². The van der Waals surface area contributed by atoms with Crippen molar-refractivity contribution in [2.45, 2.75) is 58.1 Å². The number of carbonyl (C=O) groups is 1. The maximum absolute atomic E-state index is 12.4. The highest BCUT2D eigenvalue weighted by molar-refractivity contribution is 5.73. The molecule has 0 atom stereocenters. The summed E-state index contributed by atoms with van der Waals surface area (Å²) in [5, 5.41) is 3.39. The van der Waals surface area contributed by atoms with Crippen molar-refractivity contribution < 1.29 is 13.9 Å². The Kier molecular flexibility index (Phi) is 6.29. The zero-order valence-electron chi connectivity index (χ0n) is 18.4. The number of oxazole rings is 1. The highest BCUT2D eigenvalue weighted by Crippen LogP contribution is 2.28. The Morgan fingerprint density at radius 1 is 1.20 bits per heavy atom. The highest BCUT2D eigenvalue weighted by atomic mass is 16.6. The van der Waals surface area contributed by atoms with Crippen LogP contribution in [0.15, 0.2) is 22.6 Å². The fourth-order valence-electron chi connectivity index (χ4n) is 4.23. The quantitative estimate of drug-likeness (QED) is 0.825. The number of rotatable bonds is 3. The first-order valence-electron chi connectivity index (χ1n) is 11.2. The molecule has 2 aromatic rings. The summed E-state index contributed by atoms with van der Waals surface area (Å²) in [5.74, 6) is 1.30. The number of hydrogen-bond donors (Lipinski definition) is 1. The number of aromatic nitrogens is 1. The molecule has 0 radical (unpaired) electrons. The summed E-state index contributed by atoms with van der Waals surface area (Å²) in [5.41, 5.74) is 2.60. The number of amides is 1. The number of nitrogens with zero attached hydrogens (tertiary/aromatic N) is 3. The second-order valence-electron chi connectivity index (χ2n) is 9.48. The Bertz CT molecular complexity index is 867. The predicted molar refractivity (Wildman–Crippen MR) is 117 cm³/mol. The van der Waals surface area contributed by atoms with Crippen LogP contribution in [0.5, 0.6) is 0 Å². The maximum Gasteiger partial charge on any atom is 0.410 e. The van der Waals surface area contributed by atoms with E-state index in [1.807, 2.05) is 31.7 Å². The van der Waals surface area contributed by atoms with Crippen LogP contribution in [-0.2, 0) is 11.3 Å². The first-order chi connectivity index (χ1) is 14.4. The van der Waals surface area contributed by atoms with E-state index in [9.17, 15) is 4.79 Å². The van der Waals surface area contributed by atoms with E-state index in [0.717, 1.165) is 75.5 Å². The first kappa shape index (κ1) is 21.1. The van der Waals surface area contributed by atoms with Gasteiger partial charge in [0, 0.05) is 38.6 Å². The van der Waals surface area contributed by atoms with E-state index in [2.05, 4.69) is 22.3 Å². The topological polar surface area (TPSA) is 70.8 Å². The van der Waals surface area contributed by atoms with Crippen LogP contribution in [-0.4, -0.2) is 65.7 Å². The van der Waals surface area contributed by atoms with Crippen LogP contribution in [0.4, 0.5) is 4.79 Å². The minimum absolute atomic E-state index is 0.209. The van der Waals surface area contributed by atoms with Crippen molar-refractivity contribution in [1.29, 1.82) is 0 Å². The van der Waals surface area contributed by atoms with E-state index in [0.29, 0.717) is 12.5 Å². The normalized spacial score (nSPS) is 19.8. The summed E-state index contributed by atoms with van der Waals surface area (Å²) in [6.45, 7) is 11.9. The maximum atomic E-state index is 12.4. The fourth-order valence-corrected chi connectivity index (χ4v) is 4.23. The Morgan fingerprint density at radius 3 is 2.77 bits per heavy atom. The molecule has 3 heterocycles. The number of fused-ring (bicyclic) bond motifs is 1. The lowest BCUT2D eigenvalue weighted by atomic mass is 9.98. The second-order valence-corrected chi connectivity index (χ2v) is 9.48. The largest absolute Gasteiger partial charge is 0.444 e. The zero-order chi connectivity index (χ0) is 21.1. The van der Waals surface area contributed by atoms with E-state index in [1.165, 1.54) is 5.56 Å². The third-order valence-electron chi connectivity index (χ3n) is 5.80. The van der Waals surface area contributed by atoms with Crippen molar-refractivity contribution in [3.8, 4) is 0 Å². The van der Waals surface area contributed by atoms with Crippen LogP contribution in [0, 0.1) is 0 Å². The van der Waals surface area contributed by atoms with E-state index < -0.39 is 5.60 Å². The first-order valence-corrected chi connectivity index (χ1v) is 11.2. The molecule has 0 saturated carbocycles. The monoisotopic (exact) mass is 414 g/mol. The molecule has 0 bridgehead atoms. The molecule has 30 heavy (non-hydrogen) atoms. The molecular formula is C23H34N4O3. The molecular weight excluding hydrogens is 380 g/mol. The standard InChI is InChI=1S/C23H34N4O3/c1-23(2,3)30-22(28)27-12-4-11-26(13-14-27)16-17-5-6-20-19(15-17)25-21(29-20)18-7-9-24-10-8-18/h5-6,15,18,24H,4,7-14,16H2,1-3H3. The highest BCUT2D eigenvalue weighted by Gasteiger charge is 2.25. The second kappa shape index (κ2) is 8.94. The molecule has 1 aromatic heterocycles. The molecule has 1 aromatic carbocycles. The number of benzene rings is 1. The Balaban J connectivity index is 1.37. The van der Waals surface area contributed by atoms with Gasteiger partial charge in [0.15, 0.2) is 11.5 Å². The summed E-state index contributed by atoms with van der Waals surface area (Å²) in [6.07, 6.45) is 2.91. The number of ether oxygens (including phenoxy) is 1. The van der Waals surface area contributed by atoms with Gasteiger partial charge in [-0.25, -0.2) is 9.78 Å². The lowest BCUT2D eigenvalue weighted by Crippen LogP contribution is -2.39. The molecule has 164 valence electrons. The van der Waals surface area contributed by atoms with Crippen LogP contribution >= 0.6 is 0 Å². The van der Waals surface area contributed by atoms with Gasteiger partial charge in [-0.2, -0.15) is 0 Å². The SMILES string of the molecule is CC(C)(C)OC(=O)N1CCCN(Cc2ccc3oc(C4CCNCC4)nc3c2)CC1. The Morgan fingerprint density at radius 2 is 2.00 bits per heavy atom. The number of piperidine rings is 1. The average Bonchev–Trinajstić information content (AvgIpc) is 2.98. The number of nitrogens with one attached hydrogen (secondary N) is 1. The molecule has 2 aliphatic heterocycles. The lowest BCUT2D eigenvalue weighted by Gasteiger charge is -2.26. The van der Waals surface area contributed by atoms with Crippen molar-refractivity contribution in [2.24, 2.45) is 0 Å². The van der Waals surface area contributed by atoms with Crippen LogP contribution in [0.3, 0.4) is 0 Å². The molecule has 1 amide bonds. The van der Waals surface area contributed by atoms with Gasteiger partial charge in [-0.3, -0.25) is 4.90 Å². The van der Waals surface area contributed by atoms with E-state index in [4.69, 9.17) is 14.1 Å². The molecule has 2 saturated heterocycles. The van der Waals surface area contributed by atoms with Crippen LogP contribution in [0.1, 0.15) is 57.4 Å². The molecule has 2 fully saturated rings. The van der Waals surface area contributed by atoms with E-state index >= 15 is 0 Å². The smallest absolute Gasteiger partial charge is 0.410 e. The summed E-state index contributed by atoms with van der Waals surface area (Å²) in [7, 11) is 0. The molecule has 0 unspecified atom stereocenters. The van der Waals surface area contributed by atoms with Gasteiger partial charge in [-0.1, -0.05) is 6.07 Å². The zero-order valence-corrected chi connectivity index (χ0v) is 18.4. The molecule has 0 aliphatic carbocycles. The van der Waals surface area contributed by atoms with Gasteiger partial charge in [0.1, 0.15) is 11.1 Å². The van der Waals surface area contributed by atoms with E-state index in [-0.39, 0.29) is 6.09 Å².